The van der Waals surface area contributed by atoms with Crippen LogP contribution in [0.5, 0.6) is 0 Å². The molecule has 1 aliphatic heterocycles. The number of rotatable bonds is 5. The number of nitrogens with zero attached hydrogens (tertiary/aromatic N) is 4. The van der Waals surface area contributed by atoms with E-state index in [0.29, 0.717) is 0 Å². The average molecular weight is 538 g/mol. The number of carbonyl (C=O) groups excluding carboxylic acids is 1. The molecule has 1 amide bonds. The van der Waals surface area contributed by atoms with Gasteiger partial charge in [-0.15, -0.1) is 24.0 Å². The van der Waals surface area contributed by atoms with Crippen molar-refractivity contribution in [3.8, 4) is 0 Å². The quantitative estimate of drug-likeness (QED) is 0.355. The summed E-state index contributed by atoms with van der Waals surface area (Å²) in [6, 6.07) is 8.34. The lowest BCUT2D eigenvalue weighted by Crippen LogP contribution is -2.50. The zero-order chi connectivity index (χ0) is 18.2. The van der Waals surface area contributed by atoms with Crippen molar-refractivity contribution in [2.24, 2.45) is 4.99 Å². The highest BCUT2D eigenvalue weighted by atomic mass is 127. The molecule has 1 N–H and O–H groups in total. The smallest absolute Gasteiger partial charge is 0.219 e. The Balaban J connectivity index is 0.00000338. The van der Waals surface area contributed by atoms with Gasteiger partial charge < -0.3 is 15.1 Å². The summed E-state index contributed by atoms with van der Waals surface area (Å²) in [7, 11) is 3.86. The molecule has 8 heteroatoms. The Morgan fingerprint density at radius 3 is 2.38 bits per heavy atom. The van der Waals surface area contributed by atoms with E-state index in [1.165, 1.54) is 5.56 Å². The molecule has 6 nitrogen and oxygen atoms in total. The van der Waals surface area contributed by atoms with Crippen LogP contribution in [-0.4, -0.2) is 79.9 Å². The first kappa shape index (κ1) is 23.2. The fraction of sp³-hybridized carbons (Fsp3) is 0.556. The number of hydrogen-bond acceptors (Lipinski definition) is 3. The monoisotopic (exact) mass is 537 g/mol. The van der Waals surface area contributed by atoms with Gasteiger partial charge in [-0.05, 0) is 17.7 Å². The zero-order valence-corrected chi connectivity index (χ0v) is 19.7. The predicted molar refractivity (Wildman–Crippen MR) is 121 cm³/mol. The van der Waals surface area contributed by atoms with Gasteiger partial charge in [-0.2, -0.15) is 0 Å². The lowest BCUT2D eigenvalue weighted by molar-refractivity contribution is -0.130. The molecule has 26 heavy (non-hydrogen) atoms. The second kappa shape index (κ2) is 11.8. The van der Waals surface area contributed by atoms with E-state index in [-0.39, 0.29) is 29.9 Å². The Bertz CT molecular complexity index is 588. The maximum atomic E-state index is 11.4. The van der Waals surface area contributed by atoms with Crippen LogP contribution in [0.1, 0.15) is 12.5 Å². The maximum absolute atomic E-state index is 11.4. The van der Waals surface area contributed by atoms with Crippen LogP contribution in [0, 0.1) is 0 Å². The van der Waals surface area contributed by atoms with Crippen molar-refractivity contribution in [2.75, 3.05) is 53.4 Å². The van der Waals surface area contributed by atoms with Crippen LogP contribution in [0.3, 0.4) is 0 Å². The van der Waals surface area contributed by atoms with Crippen LogP contribution in [0.15, 0.2) is 33.7 Å². The molecule has 0 unspecified atom stereocenters. The Hall–Kier alpha value is -0.870. The number of piperazine rings is 1. The van der Waals surface area contributed by atoms with Crippen molar-refractivity contribution in [3.63, 3.8) is 0 Å². The van der Waals surface area contributed by atoms with E-state index in [2.05, 4.69) is 60.3 Å². The van der Waals surface area contributed by atoms with Gasteiger partial charge in [0.15, 0.2) is 5.96 Å². The Kier molecular flexibility index (Phi) is 10.5. The summed E-state index contributed by atoms with van der Waals surface area (Å²) in [4.78, 5) is 22.1. The standard InChI is InChI=1S/C18H28BrN5O.HI/c1-15(25)24-12-10-23(11-13-24)9-8-21-18(20-2)22(3)14-16-4-6-17(19)7-5-16;/h4-7H,8-14H2,1-3H3,(H,20,21);1H. The Morgan fingerprint density at radius 1 is 1.23 bits per heavy atom. The first-order chi connectivity index (χ1) is 12.0. The summed E-state index contributed by atoms with van der Waals surface area (Å²) < 4.78 is 1.09. The molecule has 1 aromatic rings. The Morgan fingerprint density at radius 2 is 1.85 bits per heavy atom. The summed E-state index contributed by atoms with van der Waals surface area (Å²) in [6.07, 6.45) is 0. The molecule has 1 fully saturated rings. The highest BCUT2D eigenvalue weighted by Gasteiger charge is 2.18. The fourth-order valence-corrected chi connectivity index (χ4v) is 3.20. The summed E-state index contributed by atoms with van der Waals surface area (Å²) >= 11 is 3.46. The van der Waals surface area contributed by atoms with Crippen molar-refractivity contribution in [3.05, 3.63) is 34.3 Å². The first-order valence-corrected chi connectivity index (χ1v) is 9.43. The third-order valence-corrected chi connectivity index (χ3v) is 4.96. The second-order valence-electron chi connectivity index (χ2n) is 6.30. The van der Waals surface area contributed by atoms with E-state index in [4.69, 9.17) is 0 Å². The van der Waals surface area contributed by atoms with Crippen molar-refractivity contribution >= 4 is 51.8 Å². The highest BCUT2D eigenvalue weighted by Crippen LogP contribution is 2.11. The minimum Gasteiger partial charge on any atom is -0.355 e. The minimum atomic E-state index is 0. The molecule has 0 saturated carbocycles. The topological polar surface area (TPSA) is 51.2 Å². The fourth-order valence-electron chi connectivity index (χ4n) is 2.94. The van der Waals surface area contributed by atoms with E-state index >= 15 is 0 Å². The number of benzene rings is 1. The van der Waals surface area contributed by atoms with E-state index in [9.17, 15) is 4.79 Å². The molecule has 1 heterocycles. The van der Waals surface area contributed by atoms with Gasteiger partial charge in [-0.25, -0.2) is 0 Å². The number of aliphatic imine (C=N–C) groups is 1. The third-order valence-electron chi connectivity index (χ3n) is 4.44. The van der Waals surface area contributed by atoms with Gasteiger partial charge in [0.1, 0.15) is 0 Å². The normalized spacial score (nSPS) is 15.4. The molecule has 1 aliphatic rings. The molecular formula is C18H29BrIN5O. The third kappa shape index (κ3) is 7.40. The first-order valence-electron chi connectivity index (χ1n) is 8.63. The maximum Gasteiger partial charge on any atom is 0.219 e. The lowest BCUT2D eigenvalue weighted by Gasteiger charge is -2.34. The SMILES string of the molecule is CN=C(NCCN1CCN(C(C)=O)CC1)N(C)Cc1ccc(Br)cc1.I. The van der Waals surface area contributed by atoms with Gasteiger partial charge >= 0.3 is 0 Å². The summed E-state index contributed by atoms with van der Waals surface area (Å²) in [5.74, 6) is 1.07. The van der Waals surface area contributed by atoms with E-state index < -0.39 is 0 Å². The molecule has 1 aromatic carbocycles. The van der Waals surface area contributed by atoms with Crippen LogP contribution in [-0.2, 0) is 11.3 Å². The number of carbonyl (C=O) groups is 1. The van der Waals surface area contributed by atoms with Crippen molar-refractivity contribution < 1.29 is 4.79 Å². The molecule has 146 valence electrons. The molecule has 0 atom stereocenters. The van der Waals surface area contributed by atoms with E-state index in [0.717, 1.165) is 56.2 Å². The van der Waals surface area contributed by atoms with Gasteiger partial charge in [0.05, 0.1) is 0 Å². The molecular weight excluding hydrogens is 509 g/mol. The zero-order valence-electron chi connectivity index (χ0n) is 15.7. The molecule has 1 saturated heterocycles. The second-order valence-corrected chi connectivity index (χ2v) is 7.22. The average Bonchev–Trinajstić information content (AvgIpc) is 2.61. The summed E-state index contributed by atoms with van der Waals surface area (Å²) in [5, 5.41) is 3.43. The largest absolute Gasteiger partial charge is 0.355 e. The number of nitrogens with one attached hydrogen (secondary N) is 1. The van der Waals surface area contributed by atoms with Crippen LogP contribution >= 0.6 is 39.9 Å². The van der Waals surface area contributed by atoms with E-state index in [1.807, 2.05) is 19.0 Å². The number of hydrogen-bond donors (Lipinski definition) is 1. The van der Waals surface area contributed by atoms with Crippen molar-refractivity contribution in [1.82, 2.24) is 20.0 Å². The molecule has 0 bridgehead atoms. The number of guanidine groups is 1. The van der Waals surface area contributed by atoms with Crippen LogP contribution in [0.25, 0.3) is 0 Å². The predicted octanol–water partition coefficient (Wildman–Crippen LogP) is 2.24. The summed E-state index contributed by atoms with van der Waals surface area (Å²) in [6.45, 7) is 7.78. The van der Waals surface area contributed by atoms with Crippen molar-refractivity contribution in [1.29, 1.82) is 0 Å². The number of amides is 1. The minimum absolute atomic E-state index is 0. The molecule has 0 radical (unpaired) electrons. The Labute approximate surface area is 182 Å². The molecule has 0 aliphatic carbocycles. The summed E-state index contributed by atoms with van der Waals surface area (Å²) in [5.41, 5.74) is 1.24. The molecule has 0 aromatic heterocycles. The highest BCUT2D eigenvalue weighted by molar-refractivity contribution is 14.0. The van der Waals surface area contributed by atoms with Gasteiger partial charge in [0.2, 0.25) is 5.91 Å². The van der Waals surface area contributed by atoms with Gasteiger partial charge in [-0.1, -0.05) is 28.1 Å². The van der Waals surface area contributed by atoms with E-state index in [1.54, 1.807) is 6.92 Å². The van der Waals surface area contributed by atoms with Crippen LogP contribution in [0.2, 0.25) is 0 Å². The lowest BCUT2D eigenvalue weighted by atomic mass is 10.2. The van der Waals surface area contributed by atoms with Crippen molar-refractivity contribution in [2.45, 2.75) is 13.5 Å². The van der Waals surface area contributed by atoms with Crippen LogP contribution in [0.4, 0.5) is 0 Å². The van der Waals surface area contributed by atoms with Gasteiger partial charge in [-0.3, -0.25) is 14.7 Å². The molecule has 2 rings (SSSR count). The number of halogens is 2. The van der Waals surface area contributed by atoms with Crippen LogP contribution < -0.4 is 5.32 Å². The van der Waals surface area contributed by atoms with Gasteiger partial charge in [0, 0.05) is 71.3 Å². The van der Waals surface area contributed by atoms with Gasteiger partial charge in [0.25, 0.3) is 0 Å². The molecule has 0 spiro atoms.